The van der Waals surface area contributed by atoms with Gasteiger partial charge in [0.1, 0.15) is 22.9 Å². The second-order valence-electron chi connectivity index (χ2n) is 6.51. The minimum absolute atomic E-state index is 0.0448. The van der Waals surface area contributed by atoms with Crippen molar-refractivity contribution in [1.29, 1.82) is 0 Å². The van der Waals surface area contributed by atoms with Crippen LogP contribution in [-0.2, 0) is 4.79 Å². The van der Waals surface area contributed by atoms with E-state index in [1.54, 1.807) is 6.07 Å². The molecule has 0 aromatic heterocycles. The number of ether oxygens (including phenoxy) is 1. The number of hydrogen-bond acceptors (Lipinski definition) is 5. The molecule has 1 heterocycles. The van der Waals surface area contributed by atoms with Gasteiger partial charge in [-0.3, -0.25) is 9.59 Å². The van der Waals surface area contributed by atoms with Gasteiger partial charge in [0, 0.05) is 28.6 Å². The van der Waals surface area contributed by atoms with Gasteiger partial charge in [-0.25, -0.2) is 8.78 Å². The zero-order valence-corrected chi connectivity index (χ0v) is 17.0. The monoisotopic (exact) mass is 501 g/mol. The van der Waals surface area contributed by atoms with Crippen LogP contribution in [0.25, 0.3) is 0 Å². The summed E-state index contributed by atoms with van der Waals surface area (Å²) in [6.07, 6.45) is -0.843. The largest absolute Gasteiger partial charge is 0.481 e. The van der Waals surface area contributed by atoms with E-state index in [1.807, 2.05) is 22.6 Å². The number of amides is 1. The third kappa shape index (κ3) is 4.41. The maximum absolute atomic E-state index is 14.2. The van der Waals surface area contributed by atoms with Gasteiger partial charge in [-0.2, -0.15) is 0 Å². The Morgan fingerprint density at radius 3 is 2.50 bits per heavy atom. The van der Waals surface area contributed by atoms with Crippen molar-refractivity contribution in [2.45, 2.75) is 13.0 Å². The number of carbonyl (C=O) groups excluding carboxylic acids is 2. The lowest BCUT2D eigenvalue weighted by molar-refractivity contribution is -0.126. The van der Waals surface area contributed by atoms with E-state index >= 15 is 0 Å². The maximum Gasteiger partial charge on any atom is 0.254 e. The van der Waals surface area contributed by atoms with Crippen molar-refractivity contribution >= 4 is 45.7 Å². The van der Waals surface area contributed by atoms with E-state index in [4.69, 9.17) is 10.5 Å². The minimum atomic E-state index is -0.891. The van der Waals surface area contributed by atoms with E-state index in [-0.39, 0.29) is 34.4 Å². The third-order valence-electron chi connectivity index (χ3n) is 4.41. The maximum atomic E-state index is 14.2. The van der Waals surface area contributed by atoms with Crippen LogP contribution < -0.4 is 21.1 Å². The first-order valence-electron chi connectivity index (χ1n) is 8.49. The fourth-order valence-corrected chi connectivity index (χ4v) is 3.39. The fraction of sp³-hybridized carbons (Fsp3) is 0.263. The number of halogens is 3. The number of anilines is 2. The summed E-state index contributed by atoms with van der Waals surface area (Å²) < 4.78 is 34.8. The molecule has 0 bridgehead atoms. The second-order valence-corrected chi connectivity index (χ2v) is 7.75. The predicted molar refractivity (Wildman–Crippen MR) is 109 cm³/mol. The standard InChI is InChI=1S/C19H18F2IN3O3/c1-9(26)18(10-7-24-8-10)28-16-5-11(20)4-15(17(16)19(23)27)25-14-3-2-12(22)6-13(14)21/h2-6,10,18,24-25H,7-8H2,1H3,(H2,23,27). The van der Waals surface area contributed by atoms with E-state index in [2.05, 4.69) is 10.6 Å². The van der Waals surface area contributed by atoms with Crippen LogP contribution in [0.1, 0.15) is 17.3 Å². The van der Waals surface area contributed by atoms with Gasteiger partial charge in [-0.05, 0) is 53.8 Å². The number of rotatable bonds is 7. The molecule has 1 aliphatic rings. The van der Waals surface area contributed by atoms with Crippen molar-refractivity contribution in [3.63, 3.8) is 0 Å². The Morgan fingerprint density at radius 2 is 1.96 bits per heavy atom. The third-order valence-corrected chi connectivity index (χ3v) is 5.08. The second kappa shape index (κ2) is 8.39. The summed E-state index contributed by atoms with van der Waals surface area (Å²) in [5.41, 5.74) is 5.33. The summed E-state index contributed by atoms with van der Waals surface area (Å²) in [5.74, 6) is -2.68. The first-order chi connectivity index (χ1) is 13.3. The van der Waals surface area contributed by atoms with E-state index in [9.17, 15) is 18.4 Å². The highest BCUT2D eigenvalue weighted by Gasteiger charge is 2.33. The summed E-state index contributed by atoms with van der Waals surface area (Å²) in [6.45, 7) is 2.52. The molecule has 28 heavy (non-hydrogen) atoms. The lowest BCUT2D eigenvalue weighted by atomic mass is 9.93. The van der Waals surface area contributed by atoms with E-state index in [1.165, 1.54) is 19.1 Å². The molecule has 0 radical (unpaired) electrons. The Kier molecular flexibility index (Phi) is 6.14. The van der Waals surface area contributed by atoms with Crippen molar-refractivity contribution in [3.05, 3.63) is 51.1 Å². The molecule has 9 heteroatoms. The van der Waals surface area contributed by atoms with Crippen LogP contribution in [-0.4, -0.2) is 30.9 Å². The lowest BCUT2D eigenvalue weighted by Gasteiger charge is -2.33. The first-order valence-corrected chi connectivity index (χ1v) is 9.57. The molecule has 148 valence electrons. The van der Waals surface area contributed by atoms with Crippen LogP contribution >= 0.6 is 22.6 Å². The quantitative estimate of drug-likeness (QED) is 0.508. The Hall–Kier alpha value is -2.27. The fourth-order valence-electron chi connectivity index (χ4n) is 2.94. The lowest BCUT2D eigenvalue weighted by Crippen LogP contribution is -2.52. The Morgan fingerprint density at radius 1 is 1.25 bits per heavy atom. The number of nitrogens with one attached hydrogen (secondary N) is 2. The molecule has 0 spiro atoms. The average Bonchev–Trinajstić information content (AvgIpc) is 2.54. The zero-order valence-electron chi connectivity index (χ0n) is 14.9. The number of carbonyl (C=O) groups is 2. The molecule has 1 saturated heterocycles. The van der Waals surface area contributed by atoms with Gasteiger partial charge in [0.15, 0.2) is 11.9 Å². The molecule has 6 nitrogen and oxygen atoms in total. The van der Waals surface area contributed by atoms with Gasteiger partial charge in [0.25, 0.3) is 5.91 Å². The molecular formula is C19H18F2IN3O3. The molecule has 1 atom stereocenters. The van der Waals surface area contributed by atoms with Gasteiger partial charge < -0.3 is 21.1 Å². The highest BCUT2D eigenvalue weighted by molar-refractivity contribution is 14.1. The number of Topliss-reactive ketones (excluding diaryl/α,β-unsaturated/α-hetero) is 1. The van der Waals surface area contributed by atoms with Crippen LogP contribution in [0.3, 0.4) is 0 Å². The van der Waals surface area contributed by atoms with Crippen molar-refractivity contribution in [2.24, 2.45) is 11.7 Å². The van der Waals surface area contributed by atoms with E-state index in [0.29, 0.717) is 16.7 Å². The molecule has 1 amide bonds. The van der Waals surface area contributed by atoms with Crippen LogP contribution in [0, 0.1) is 21.1 Å². The van der Waals surface area contributed by atoms with Gasteiger partial charge in [0.05, 0.1) is 11.4 Å². The molecule has 2 aromatic rings. The summed E-state index contributed by atoms with van der Waals surface area (Å²) in [7, 11) is 0. The molecule has 0 aliphatic carbocycles. The molecule has 1 aliphatic heterocycles. The van der Waals surface area contributed by atoms with Crippen LogP contribution in [0.5, 0.6) is 5.75 Å². The average molecular weight is 501 g/mol. The zero-order chi connectivity index (χ0) is 20.4. The molecule has 1 fully saturated rings. The number of primary amides is 1. The Labute approximate surface area is 174 Å². The van der Waals surface area contributed by atoms with Gasteiger partial charge in [-0.1, -0.05) is 0 Å². The summed E-state index contributed by atoms with van der Waals surface area (Å²) in [6, 6.07) is 6.43. The SMILES string of the molecule is CC(=O)C(Oc1cc(F)cc(Nc2ccc(I)cc2F)c1C(N)=O)C1CNC1. The van der Waals surface area contributed by atoms with Crippen molar-refractivity contribution in [1.82, 2.24) is 5.32 Å². The first kappa shape index (κ1) is 20.5. The molecule has 4 N–H and O–H groups in total. The van der Waals surface area contributed by atoms with Gasteiger partial charge in [-0.15, -0.1) is 0 Å². The number of hydrogen-bond donors (Lipinski definition) is 3. The topological polar surface area (TPSA) is 93.4 Å². The predicted octanol–water partition coefficient (Wildman–Crippen LogP) is 2.97. The highest BCUT2D eigenvalue weighted by Crippen LogP contribution is 2.33. The molecular weight excluding hydrogens is 483 g/mol. The smallest absolute Gasteiger partial charge is 0.254 e. The number of benzene rings is 2. The van der Waals surface area contributed by atoms with E-state index < -0.39 is 23.6 Å². The van der Waals surface area contributed by atoms with Crippen molar-refractivity contribution < 1.29 is 23.1 Å². The molecule has 1 unspecified atom stereocenters. The van der Waals surface area contributed by atoms with Gasteiger partial charge >= 0.3 is 0 Å². The van der Waals surface area contributed by atoms with Crippen LogP contribution in [0.15, 0.2) is 30.3 Å². The highest BCUT2D eigenvalue weighted by atomic mass is 127. The summed E-state index contributed by atoms with van der Waals surface area (Å²) in [5, 5.41) is 5.73. The van der Waals surface area contributed by atoms with Crippen LogP contribution in [0.2, 0.25) is 0 Å². The Bertz CT molecular complexity index is 935. The minimum Gasteiger partial charge on any atom is -0.481 e. The summed E-state index contributed by atoms with van der Waals surface area (Å²) in [4.78, 5) is 24.0. The Balaban J connectivity index is 2.01. The van der Waals surface area contributed by atoms with E-state index in [0.717, 1.165) is 12.1 Å². The molecule has 2 aromatic carbocycles. The molecule has 0 saturated carbocycles. The van der Waals surface area contributed by atoms with Crippen molar-refractivity contribution in [2.75, 3.05) is 18.4 Å². The van der Waals surface area contributed by atoms with Crippen molar-refractivity contribution in [3.8, 4) is 5.75 Å². The normalized spacial score (nSPS) is 14.9. The summed E-state index contributed by atoms with van der Waals surface area (Å²) >= 11 is 1.96. The van der Waals surface area contributed by atoms with Gasteiger partial charge in [0.2, 0.25) is 0 Å². The molecule has 3 rings (SSSR count). The van der Waals surface area contributed by atoms with Crippen LogP contribution in [0.4, 0.5) is 20.2 Å². The number of ketones is 1. The number of nitrogens with two attached hydrogens (primary N) is 1.